The molecule has 0 amide bonds. The van der Waals surface area contributed by atoms with Crippen LogP contribution in [0.2, 0.25) is 5.02 Å². The average molecular weight is 309 g/mol. The molecule has 0 bridgehead atoms. The van der Waals surface area contributed by atoms with Gasteiger partial charge in [0.15, 0.2) is 0 Å². The zero-order chi connectivity index (χ0) is 15.5. The van der Waals surface area contributed by atoms with Crippen molar-refractivity contribution < 1.29 is 0 Å². The van der Waals surface area contributed by atoms with E-state index in [1.807, 2.05) is 0 Å². The molecule has 2 atom stereocenters. The molecule has 0 aliphatic carbocycles. The standard InChI is InChI=1S/C18H29ClN2/c1-5-18(3,21-11-7-6-8-12-21)17(20-4)15-10-9-14(2)16(19)13-15/h9-10,13,17,20H,5-8,11-12H2,1-4H3. The Morgan fingerprint density at radius 1 is 1.29 bits per heavy atom. The van der Waals surface area contributed by atoms with Crippen LogP contribution in [0.3, 0.4) is 0 Å². The van der Waals surface area contributed by atoms with E-state index in [1.54, 1.807) is 0 Å². The molecule has 2 unspecified atom stereocenters. The van der Waals surface area contributed by atoms with Gasteiger partial charge in [-0.25, -0.2) is 0 Å². The minimum atomic E-state index is 0.133. The monoisotopic (exact) mass is 308 g/mol. The fourth-order valence-corrected chi connectivity index (χ4v) is 3.83. The fourth-order valence-electron chi connectivity index (χ4n) is 3.64. The Labute approximate surface area is 134 Å². The van der Waals surface area contributed by atoms with Crippen molar-refractivity contribution in [2.24, 2.45) is 0 Å². The van der Waals surface area contributed by atoms with Crippen LogP contribution in [-0.4, -0.2) is 30.6 Å². The number of rotatable bonds is 5. The van der Waals surface area contributed by atoms with Gasteiger partial charge in [0.2, 0.25) is 0 Å². The number of likely N-dealkylation sites (N-methyl/N-ethyl adjacent to an activating group) is 1. The van der Waals surface area contributed by atoms with E-state index in [4.69, 9.17) is 11.6 Å². The van der Waals surface area contributed by atoms with Gasteiger partial charge in [0.1, 0.15) is 0 Å². The van der Waals surface area contributed by atoms with Crippen molar-refractivity contribution in [1.29, 1.82) is 0 Å². The molecule has 2 rings (SSSR count). The van der Waals surface area contributed by atoms with Gasteiger partial charge in [-0.1, -0.05) is 37.1 Å². The summed E-state index contributed by atoms with van der Waals surface area (Å²) in [5.74, 6) is 0. The van der Waals surface area contributed by atoms with Gasteiger partial charge in [-0.05, 0) is 70.4 Å². The molecule has 1 heterocycles. The maximum Gasteiger partial charge on any atom is 0.0502 e. The van der Waals surface area contributed by atoms with Gasteiger partial charge < -0.3 is 5.32 Å². The van der Waals surface area contributed by atoms with Gasteiger partial charge in [-0.15, -0.1) is 0 Å². The van der Waals surface area contributed by atoms with E-state index >= 15 is 0 Å². The van der Waals surface area contributed by atoms with E-state index in [9.17, 15) is 0 Å². The number of likely N-dealkylation sites (tertiary alicyclic amines) is 1. The molecule has 1 aliphatic rings. The van der Waals surface area contributed by atoms with E-state index in [2.05, 4.69) is 56.2 Å². The lowest BCUT2D eigenvalue weighted by atomic mass is 9.81. The van der Waals surface area contributed by atoms with Crippen molar-refractivity contribution in [2.45, 2.75) is 58.0 Å². The van der Waals surface area contributed by atoms with Crippen LogP contribution < -0.4 is 5.32 Å². The normalized spacial score (nSPS) is 21.0. The quantitative estimate of drug-likeness (QED) is 0.857. The smallest absolute Gasteiger partial charge is 0.0502 e. The van der Waals surface area contributed by atoms with Gasteiger partial charge in [0, 0.05) is 10.6 Å². The average Bonchev–Trinajstić information content (AvgIpc) is 2.52. The van der Waals surface area contributed by atoms with Crippen LogP contribution in [0.4, 0.5) is 0 Å². The Morgan fingerprint density at radius 3 is 2.48 bits per heavy atom. The van der Waals surface area contributed by atoms with Crippen LogP contribution in [-0.2, 0) is 0 Å². The van der Waals surface area contributed by atoms with Gasteiger partial charge in [0.05, 0.1) is 6.04 Å². The molecule has 0 aromatic heterocycles. The van der Waals surface area contributed by atoms with Crippen LogP contribution in [0.5, 0.6) is 0 Å². The van der Waals surface area contributed by atoms with Crippen LogP contribution >= 0.6 is 11.6 Å². The summed E-state index contributed by atoms with van der Waals surface area (Å²) >= 11 is 6.35. The first-order valence-electron chi connectivity index (χ1n) is 8.21. The predicted molar refractivity (Wildman–Crippen MR) is 92.1 cm³/mol. The highest BCUT2D eigenvalue weighted by atomic mass is 35.5. The van der Waals surface area contributed by atoms with Crippen molar-refractivity contribution in [2.75, 3.05) is 20.1 Å². The minimum Gasteiger partial charge on any atom is -0.311 e. The summed E-state index contributed by atoms with van der Waals surface area (Å²) in [6, 6.07) is 6.79. The van der Waals surface area contributed by atoms with Crippen LogP contribution in [0, 0.1) is 6.92 Å². The maximum atomic E-state index is 6.35. The Bertz CT molecular complexity index is 468. The molecule has 0 spiro atoms. The Balaban J connectivity index is 2.33. The molecule has 0 saturated carbocycles. The van der Waals surface area contributed by atoms with Crippen molar-refractivity contribution in [1.82, 2.24) is 10.2 Å². The van der Waals surface area contributed by atoms with E-state index in [-0.39, 0.29) is 5.54 Å². The van der Waals surface area contributed by atoms with Crippen molar-refractivity contribution in [3.05, 3.63) is 34.3 Å². The number of piperidine rings is 1. The van der Waals surface area contributed by atoms with Gasteiger partial charge in [0.25, 0.3) is 0 Å². The van der Waals surface area contributed by atoms with Crippen molar-refractivity contribution in [3.8, 4) is 0 Å². The second-order valence-electron chi connectivity index (χ2n) is 6.49. The molecule has 21 heavy (non-hydrogen) atoms. The molecule has 1 aromatic carbocycles. The van der Waals surface area contributed by atoms with Crippen LogP contribution in [0.1, 0.15) is 56.7 Å². The van der Waals surface area contributed by atoms with Gasteiger partial charge in [-0.3, -0.25) is 4.90 Å². The lowest BCUT2D eigenvalue weighted by Gasteiger charge is -2.48. The summed E-state index contributed by atoms with van der Waals surface area (Å²) in [5.41, 5.74) is 2.57. The molecule has 1 aromatic rings. The Hall–Kier alpha value is -0.570. The second-order valence-corrected chi connectivity index (χ2v) is 6.90. The number of aryl methyl sites for hydroxylation is 1. The highest BCUT2D eigenvalue weighted by Gasteiger charge is 2.38. The Morgan fingerprint density at radius 2 is 1.95 bits per heavy atom. The number of hydrogen-bond acceptors (Lipinski definition) is 2. The highest BCUT2D eigenvalue weighted by Crippen LogP contribution is 2.37. The van der Waals surface area contributed by atoms with Gasteiger partial charge in [-0.2, -0.15) is 0 Å². The molecule has 2 nitrogen and oxygen atoms in total. The summed E-state index contributed by atoms with van der Waals surface area (Å²) in [5, 5.41) is 4.42. The van der Waals surface area contributed by atoms with Gasteiger partial charge >= 0.3 is 0 Å². The summed E-state index contributed by atoms with van der Waals surface area (Å²) in [6.45, 7) is 9.18. The molecule has 1 N–H and O–H groups in total. The molecular weight excluding hydrogens is 280 g/mol. The van der Waals surface area contributed by atoms with E-state index < -0.39 is 0 Å². The van der Waals surface area contributed by atoms with Crippen LogP contribution in [0.25, 0.3) is 0 Å². The van der Waals surface area contributed by atoms with Crippen molar-refractivity contribution >= 4 is 11.6 Å². The second kappa shape index (κ2) is 7.13. The number of benzene rings is 1. The topological polar surface area (TPSA) is 15.3 Å². The summed E-state index contributed by atoms with van der Waals surface area (Å²) in [7, 11) is 2.07. The van der Waals surface area contributed by atoms with E-state index in [1.165, 1.54) is 37.9 Å². The number of nitrogens with zero attached hydrogens (tertiary/aromatic N) is 1. The minimum absolute atomic E-state index is 0.133. The third-order valence-electron chi connectivity index (χ3n) is 5.23. The largest absolute Gasteiger partial charge is 0.311 e. The van der Waals surface area contributed by atoms with Crippen LogP contribution in [0.15, 0.2) is 18.2 Å². The summed E-state index contributed by atoms with van der Waals surface area (Å²) < 4.78 is 0. The van der Waals surface area contributed by atoms with E-state index in [0.717, 1.165) is 17.0 Å². The molecule has 3 heteroatoms. The number of halogens is 1. The third-order valence-corrected chi connectivity index (χ3v) is 5.64. The molecule has 1 fully saturated rings. The molecular formula is C18H29ClN2. The summed E-state index contributed by atoms with van der Waals surface area (Å²) in [6.07, 6.45) is 5.14. The zero-order valence-electron chi connectivity index (χ0n) is 13.9. The lowest BCUT2D eigenvalue weighted by molar-refractivity contribution is 0.0448. The maximum absolute atomic E-state index is 6.35. The summed E-state index contributed by atoms with van der Waals surface area (Å²) in [4.78, 5) is 2.67. The van der Waals surface area contributed by atoms with E-state index in [0.29, 0.717) is 6.04 Å². The lowest BCUT2D eigenvalue weighted by Crippen LogP contribution is -2.55. The first kappa shape index (κ1) is 16.8. The first-order valence-corrected chi connectivity index (χ1v) is 8.59. The van der Waals surface area contributed by atoms with Crippen molar-refractivity contribution in [3.63, 3.8) is 0 Å². The Kier molecular flexibility index (Phi) is 5.70. The molecule has 118 valence electrons. The molecule has 1 saturated heterocycles. The SMILES string of the molecule is CCC(C)(C(NC)c1ccc(C)c(Cl)c1)N1CCCCC1. The third kappa shape index (κ3) is 3.44. The number of hydrogen-bond donors (Lipinski definition) is 1. The molecule has 0 radical (unpaired) electrons. The zero-order valence-corrected chi connectivity index (χ0v) is 14.6. The highest BCUT2D eigenvalue weighted by molar-refractivity contribution is 6.31. The predicted octanol–water partition coefficient (Wildman–Crippen LogP) is 4.56. The fraction of sp³-hybridized carbons (Fsp3) is 0.667. The first-order chi connectivity index (χ1) is 10.0. The molecule has 1 aliphatic heterocycles. The number of nitrogens with one attached hydrogen (secondary N) is 1.